The van der Waals surface area contributed by atoms with Gasteiger partial charge in [0.15, 0.2) is 0 Å². The van der Waals surface area contributed by atoms with E-state index >= 15 is 0 Å². The molecule has 96 valence electrons. The number of aromatic nitrogens is 1. The van der Waals surface area contributed by atoms with E-state index in [0.29, 0.717) is 0 Å². The Morgan fingerprint density at radius 2 is 1.84 bits per heavy atom. The summed E-state index contributed by atoms with van der Waals surface area (Å²) in [6.07, 6.45) is 0. The van der Waals surface area contributed by atoms with Crippen molar-refractivity contribution < 1.29 is 4.74 Å². The maximum Gasteiger partial charge on any atom is 0.118 e. The zero-order chi connectivity index (χ0) is 13.2. The highest BCUT2D eigenvalue weighted by molar-refractivity contribution is 7.18. The van der Waals surface area contributed by atoms with Crippen LogP contribution in [-0.4, -0.2) is 12.1 Å². The van der Waals surface area contributed by atoms with Gasteiger partial charge in [0.25, 0.3) is 0 Å². The molecular weight excluding hydrogens is 256 g/mol. The van der Waals surface area contributed by atoms with Gasteiger partial charge in [-0.1, -0.05) is 24.3 Å². The van der Waals surface area contributed by atoms with Crippen LogP contribution in [0.4, 0.5) is 0 Å². The van der Waals surface area contributed by atoms with E-state index in [0.717, 1.165) is 21.8 Å². The Morgan fingerprint density at radius 3 is 2.53 bits per heavy atom. The first-order chi connectivity index (χ1) is 9.28. The summed E-state index contributed by atoms with van der Waals surface area (Å²) in [5.74, 6) is 0.834. The van der Waals surface area contributed by atoms with Crippen LogP contribution in [0.1, 0.15) is 16.6 Å². The molecule has 0 aliphatic carbocycles. The summed E-state index contributed by atoms with van der Waals surface area (Å²) in [4.78, 5) is 4.59. The van der Waals surface area contributed by atoms with Crippen LogP contribution in [0.3, 0.4) is 0 Å². The number of hydrogen-bond donors (Lipinski definition) is 1. The minimum absolute atomic E-state index is 0.191. The van der Waals surface area contributed by atoms with E-state index < -0.39 is 0 Å². The number of thiazole rings is 1. The number of ether oxygens (including phenoxy) is 1. The second kappa shape index (κ2) is 4.99. The smallest absolute Gasteiger partial charge is 0.118 e. The summed E-state index contributed by atoms with van der Waals surface area (Å²) < 4.78 is 6.32. The summed E-state index contributed by atoms with van der Waals surface area (Å²) in [5.41, 5.74) is 8.33. The van der Waals surface area contributed by atoms with Gasteiger partial charge in [-0.25, -0.2) is 4.98 Å². The van der Waals surface area contributed by atoms with Gasteiger partial charge in [-0.05, 0) is 29.8 Å². The Balaban J connectivity index is 1.95. The van der Waals surface area contributed by atoms with Gasteiger partial charge >= 0.3 is 0 Å². The van der Waals surface area contributed by atoms with Gasteiger partial charge in [-0.15, -0.1) is 11.3 Å². The molecule has 0 bridgehead atoms. The number of hydrogen-bond acceptors (Lipinski definition) is 4. The monoisotopic (exact) mass is 270 g/mol. The van der Waals surface area contributed by atoms with Crippen LogP contribution in [0.15, 0.2) is 48.5 Å². The molecule has 2 aromatic carbocycles. The second-order valence-electron chi connectivity index (χ2n) is 4.27. The van der Waals surface area contributed by atoms with Gasteiger partial charge in [0.1, 0.15) is 10.8 Å². The summed E-state index contributed by atoms with van der Waals surface area (Å²) in [7, 11) is 1.66. The molecule has 1 aromatic heterocycles. The van der Waals surface area contributed by atoms with E-state index in [9.17, 15) is 0 Å². The highest BCUT2D eigenvalue weighted by Gasteiger charge is 2.13. The SMILES string of the molecule is COc1ccc(C(N)c2nc3ccccc3s2)cc1. The van der Waals surface area contributed by atoms with E-state index in [2.05, 4.69) is 11.1 Å². The first-order valence-corrected chi connectivity index (χ1v) is 6.84. The van der Waals surface area contributed by atoms with E-state index in [1.807, 2.05) is 42.5 Å². The first-order valence-electron chi connectivity index (χ1n) is 6.03. The van der Waals surface area contributed by atoms with Crippen molar-refractivity contribution >= 4 is 21.6 Å². The molecule has 0 fully saturated rings. The minimum Gasteiger partial charge on any atom is -0.497 e. The minimum atomic E-state index is -0.191. The zero-order valence-corrected chi connectivity index (χ0v) is 11.4. The summed E-state index contributed by atoms with van der Waals surface area (Å²) in [6.45, 7) is 0. The molecule has 3 aromatic rings. The Bertz CT molecular complexity index is 658. The third kappa shape index (κ3) is 2.32. The fraction of sp³-hybridized carbons (Fsp3) is 0.133. The molecule has 0 saturated heterocycles. The number of rotatable bonds is 3. The van der Waals surface area contributed by atoms with Crippen LogP contribution in [0.2, 0.25) is 0 Å². The molecule has 0 saturated carbocycles. The molecule has 1 unspecified atom stereocenters. The Morgan fingerprint density at radius 1 is 1.11 bits per heavy atom. The maximum atomic E-state index is 6.28. The van der Waals surface area contributed by atoms with Crippen LogP contribution in [0, 0.1) is 0 Å². The van der Waals surface area contributed by atoms with Gasteiger partial charge in [0.2, 0.25) is 0 Å². The number of nitrogens with zero attached hydrogens (tertiary/aromatic N) is 1. The Labute approximate surface area is 115 Å². The molecular formula is C15H14N2OS. The molecule has 0 aliphatic heterocycles. The van der Waals surface area contributed by atoms with Crippen molar-refractivity contribution in [3.63, 3.8) is 0 Å². The fourth-order valence-electron chi connectivity index (χ4n) is 1.98. The van der Waals surface area contributed by atoms with Crippen molar-refractivity contribution in [2.75, 3.05) is 7.11 Å². The van der Waals surface area contributed by atoms with Crippen molar-refractivity contribution in [1.29, 1.82) is 0 Å². The van der Waals surface area contributed by atoms with Crippen LogP contribution in [0.5, 0.6) is 5.75 Å². The molecule has 19 heavy (non-hydrogen) atoms. The maximum absolute atomic E-state index is 6.28. The number of para-hydroxylation sites is 1. The molecule has 2 N–H and O–H groups in total. The summed E-state index contributed by atoms with van der Waals surface area (Å²) in [5, 5.41) is 0.936. The predicted molar refractivity (Wildman–Crippen MR) is 78.6 cm³/mol. The molecule has 0 aliphatic rings. The average molecular weight is 270 g/mol. The van der Waals surface area contributed by atoms with E-state index in [1.54, 1.807) is 18.4 Å². The molecule has 3 nitrogen and oxygen atoms in total. The lowest BCUT2D eigenvalue weighted by atomic mass is 10.1. The van der Waals surface area contributed by atoms with Crippen molar-refractivity contribution in [3.05, 3.63) is 59.1 Å². The topological polar surface area (TPSA) is 48.1 Å². The standard InChI is InChI=1S/C15H14N2OS/c1-18-11-8-6-10(7-9-11)14(16)15-17-12-4-2-3-5-13(12)19-15/h2-9,14H,16H2,1H3. The Kier molecular flexibility index (Phi) is 3.19. The number of methoxy groups -OCH3 is 1. The highest BCUT2D eigenvalue weighted by atomic mass is 32.1. The van der Waals surface area contributed by atoms with Crippen molar-refractivity contribution in [1.82, 2.24) is 4.98 Å². The van der Waals surface area contributed by atoms with Gasteiger partial charge in [0.05, 0.1) is 23.4 Å². The van der Waals surface area contributed by atoms with Crippen LogP contribution in [-0.2, 0) is 0 Å². The third-order valence-electron chi connectivity index (χ3n) is 3.05. The van der Waals surface area contributed by atoms with Crippen molar-refractivity contribution in [3.8, 4) is 5.75 Å². The van der Waals surface area contributed by atoms with Gasteiger partial charge < -0.3 is 10.5 Å². The van der Waals surface area contributed by atoms with Crippen LogP contribution in [0.25, 0.3) is 10.2 Å². The molecule has 0 radical (unpaired) electrons. The first kappa shape index (κ1) is 12.1. The summed E-state index contributed by atoms with van der Waals surface area (Å²) in [6, 6.07) is 15.7. The molecule has 3 rings (SSSR count). The average Bonchev–Trinajstić information content (AvgIpc) is 2.90. The van der Waals surface area contributed by atoms with E-state index in [4.69, 9.17) is 10.5 Å². The van der Waals surface area contributed by atoms with Gasteiger partial charge in [0, 0.05) is 0 Å². The molecule has 1 atom stereocenters. The predicted octanol–water partition coefficient (Wildman–Crippen LogP) is 3.35. The highest BCUT2D eigenvalue weighted by Crippen LogP contribution is 2.29. The largest absolute Gasteiger partial charge is 0.497 e. The Hall–Kier alpha value is -1.91. The molecule has 4 heteroatoms. The zero-order valence-electron chi connectivity index (χ0n) is 10.5. The lowest BCUT2D eigenvalue weighted by molar-refractivity contribution is 0.414. The normalized spacial score (nSPS) is 12.5. The van der Waals surface area contributed by atoms with Gasteiger partial charge in [-0.3, -0.25) is 0 Å². The quantitative estimate of drug-likeness (QED) is 0.794. The van der Waals surface area contributed by atoms with Crippen molar-refractivity contribution in [2.45, 2.75) is 6.04 Å². The summed E-state index contributed by atoms with van der Waals surface area (Å²) >= 11 is 1.64. The van der Waals surface area contributed by atoms with Gasteiger partial charge in [-0.2, -0.15) is 0 Å². The number of benzene rings is 2. The molecule has 0 amide bonds. The van der Waals surface area contributed by atoms with E-state index in [1.165, 1.54) is 4.70 Å². The molecule has 0 spiro atoms. The van der Waals surface area contributed by atoms with E-state index in [-0.39, 0.29) is 6.04 Å². The van der Waals surface area contributed by atoms with Crippen molar-refractivity contribution in [2.24, 2.45) is 5.73 Å². The number of nitrogens with two attached hydrogens (primary N) is 1. The molecule has 1 heterocycles. The second-order valence-corrected chi connectivity index (χ2v) is 5.33. The lowest BCUT2D eigenvalue weighted by Gasteiger charge is -2.09. The van der Waals surface area contributed by atoms with Crippen LogP contribution < -0.4 is 10.5 Å². The number of fused-ring (bicyclic) bond motifs is 1. The van der Waals surface area contributed by atoms with Crippen LogP contribution >= 0.6 is 11.3 Å². The third-order valence-corrected chi connectivity index (χ3v) is 4.17. The lowest BCUT2D eigenvalue weighted by Crippen LogP contribution is -2.11. The fourth-order valence-corrected chi connectivity index (χ4v) is 2.97.